The SMILES string of the molecule is Cc1cccc(NC(=O)C2CNC(=O)N(c3ccc(Cl)cc3)C2=O)c1C. The second kappa shape index (κ2) is 7.17. The molecule has 0 bridgehead atoms. The van der Waals surface area contributed by atoms with E-state index in [0.717, 1.165) is 16.0 Å². The maximum Gasteiger partial charge on any atom is 0.328 e. The maximum atomic E-state index is 12.8. The van der Waals surface area contributed by atoms with Crippen LogP contribution in [-0.2, 0) is 9.59 Å². The Morgan fingerprint density at radius 3 is 2.54 bits per heavy atom. The zero-order valence-corrected chi connectivity index (χ0v) is 15.1. The molecule has 0 spiro atoms. The van der Waals surface area contributed by atoms with E-state index >= 15 is 0 Å². The van der Waals surface area contributed by atoms with Crippen LogP contribution in [0.2, 0.25) is 5.02 Å². The number of benzene rings is 2. The smallest absolute Gasteiger partial charge is 0.328 e. The largest absolute Gasteiger partial charge is 0.336 e. The minimum Gasteiger partial charge on any atom is -0.336 e. The molecule has 2 aromatic carbocycles. The highest BCUT2D eigenvalue weighted by Crippen LogP contribution is 2.24. The number of nitrogens with one attached hydrogen (secondary N) is 2. The number of rotatable bonds is 3. The summed E-state index contributed by atoms with van der Waals surface area (Å²) in [5.74, 6) is -2.04. The van der Waals surface area contributed by atoms with Crippen molar-refractivity contribution in [2.75, 3.05) is 16.8 Å². The summed E-state index contributed by atoms with van der Waals surface area (Å²) in [7, 11) is 0. The van der Waals surface area contributed by atoms with Crippen LogP contribution in [0, 0.1) is 19.8 Å². The summed E-state index contributed by atoms with van der Waals surface area (Å²) >= 11 is 5.85. The molecule has 3 rings (SSSR count). The fraction of sp³-hybridized carbons (Fsp3) is 0.211. The minimum absolute atomic E-state index is 0.0432. The van der Waals surface area contributed by atoms with Gasteiger partial charge < -0.3 is 10.6 Å². The molecule has 6 nitrogen and oxygen atoms in total. The first kappa shape index (κ1) is 17.9. The Morgan fingerprint density at radius 1 is 1.15 bits per heavy atom. The molecule has 4 amide bonds. The number of imide groups is 1. The van der Waals surface area contributed by atoms with E-state index in [4.69, 9.17) is 11.6 Å². The molecule has 2 aromatic rings. The third kappa shape index (κ3) is 3.41. The molecule has 0 aromatic heterocycles. The molecule has 1 aliphatic rings. The fourth-order valence-corrected chi connectivity index (χ4v) is 2.88. The molecular weight excluding hydrogens is 354 g/mol. The van der Waals surface area contributed by atoms with Crippen molar-refractivity contribution in [3.05, 3.63) is 58.6 Å². The van der Waals surface area contributed by atoms with E-state index < -0.39 is 23.8 Å². The normalized spacial score (nSPS) is 17.0. The van der Waals surface area contributed by atoms with E-state index in [1.54, 1.807) is 30.3 Å². The second-order valence-electron chi connectivity index (χ2n) is 6.13. The van der Waals surface area contributed by atoms with Crippen LogP contribution in [0.25, 0.3) is 0 Å². The van der Waals surface area contributed by atoms with Crippen LogP contribution in [0.15, 0.2) is 42.5 Å². The number of carbonyl (C=O) groups is 3. The van der Waals surface area contributed by atoms with E-state index in [1.165, 1.54) is 0 Å². The molecule has 1 saturated heterocycles. The van der Waals surface area contributed by atoms with Gasteiger partial charge in [-0.25, -0.2) is 9.69 Å². The molecule has 1 unspecified atom stereocenters. The summed E-state index contributed by atoms with van der Waals surface area (Å²) in [6.07, 6.45) is 0. The van der Waals surface area contributed by atoms with Gasteiger partial charge in [-0.1, -0.05) is 23.7 Å². The highest BCUT2D eigenvalue weighted by molar-refractivity contribution is 6.30. The average Bonchev–Trinajstić information content (AvgIpc) is 2.60. The summed E-state index contributed by atoms with van der Waals surface area (Å²) in [4.78, 5) is 38.5. The summed E-state index contributed by atoms with van der Waals surface area (Å²) in [5.41, 5.74) is 2.98. The third-order valence-corrected chi connectivity index (χ3v) is 4.69. The number of amides is 4. The summed E-state index contributed by atoms with van der Waals surface area (Å²) in [5, 5.41) is 5.87. The van der Waals surface area contributed by atoms with Gasteiger partial charge in [-0.05, 0) is 55.3 Å². The van der Waals surface area contributed by atoms with E-state index in [1.807, 2.05) is 26.0 Å². The van der Waals surface area contributed by atoms with Gasteiger partial charge in [-0.3, -0.25) is 9.59 Å². The molecule has 1 atom stereocenters. The van der Waals surface area contributed by atoms with Crippen LogP contribution in [0.5, 0.6) is 0 Å². The average molecular weight is 372 g/mol. The van der Waals surface area contributed by atoms with Gasteiger partial charge in [0.15, 0.2) is 0 Å². The van der Waals surface area contributed by atoms with Crippen molar-refractivity contribution in [1.82, 2.24) is 5.32 Å². The van der Waals surface area contributed by atoms with Gasteiger partial charge in [0.1, 0.15) is 5.92 Å². The first-order valence-corrected chi connectivity index (χ1v) is 8.50. The Morgan fingerprint density at radius 2 is 1.85 bits per heavy atom. The molecule has 1 aliphatic heterocycles. The number of aryl methyl sites for hydroxylation is 1. The van der Waals surface area contributed by atoms with Crippen molar-refractivity contribution >= 4 is 40.8 Å². The van der Waals surface area contributed by atoms with E-state index in [-0.39, 0.29) is 6.54 Å². The molecule has 0 radical (unpaired) electrons. The molecule has 7 heteroatoms. The fourth-order valence-electron chi connectivity index (χ4n) is 2.76. The van der Waals surface area contributed by atoms with Crippen molar-refractivity contribution in [2.24, 2.45) is 5.92 Å². The highest BCUT2D eigenvalue weighted by atomic mass is 35.5. The van der Waals surface area contributed by atoms with Crippen LogP contribution >= 0.6 is 11.6 Å². The van der Waals surface area contributed by atoms with E-state index in [0.29, 0.717) is 16.4 Å². The zero-order chi connectivity index (χ0) is 18.8. The van der Waals surface area contributed by atoms with Crippen LogP contribution in [0.1, 0.15) is 11.1 Å². The number of urea groups is 1. The van der Waals surface area contributed by atoms with E-state index in [9.17, 15) is 14.4 Å². The first-order chi connectivity index (χ1) is 12.4. The van der Waals surface area contributed by atoms with Crippen LogP contribution in [0.3, 0.4) is 0 Å². The Labute approximate surface area is 156 Å². The molecular formula is C19H18ClN3O3. The van der Waals surface area contributed by atoms with Gasteiger partial charge in [0.25, 0.3) is 0 Å². The number of halogens is 1. The minimum atomic E-state index is -1.01. The molecule has 2 N–H and O–H groups in total. The van der Waals surface area contributed by atoms with Crippen LogP contribution in [0.4, 0.5) is 16.2 Å². The Hall–Kier alpha value is -2.86. The van der Waals surface area contributed by atoms with Crippen molar-refractivity contribution in [3.8, 4) is 0 Å². The molecule has 0 aliphatic carbocycles. The lowest BCUT2D eigenvalue weighted by atomic mass is 10.0. The number of nitrogens with zero attached hydrogens (tertiary/aromatic N) is 1. The molecule has 134 valence electrons. The summed E-state index contributed by atoms with van der Waals surface area (Å²) in [6, 6.07) is 11.3. The highest BCUT2D eigenvalue weighted by Gasteiger charge is 2.39. The van der Waals surface area contributed by atoms with Crippen LogP contribution in [-0.4, -0.2) is 24.4 Å². The quantitative estimate of drug-likeness (QED) is 0.813. The van der Waals surface area contributed by atoms with Crippen LogP contribution < -0.4 is 15.5 Å². The summed E-state index contributed by atoms with van der Waals surface area (Å²) < 4.78 is 0. The van der Waals surface area contributed by atoms with Gasteiger partial charge in [-0.15, -0.1) is 0 Å². The number of carbonyl (C=O) groups excluding carboxylic acids is 3. The lowest BCUT2D eigenvalue weighted by Gasteiger charge is -2.30. The summed E-state index contributed by atoms with van der Waals surface area (Å²) in [6.45, 7) is 3.80. The van der Waals surface area contributed by atoms with Gasteiger partial charge in [0.2, 0.25) is 11.8 Å². The lowest BCUT2D eigenvalue weighted by molar-refractivity contribution is -0.130. The zero-order valence-electron chi connectivity index (χ0n) is 14.4. The predicted octanol–water partition coefficient (Wildman–Crippen LogP) is 3.27. The van der Waals surface area contributed by atoms with Crippen molar-refractivity contribution < 1.29 is 14.4 Å². The monoisotopic (exact) mass is 371 g/mol. The van der Waals surface area contributed by atoms with Gasteiger partial charge >= 0.3 is 6.03 Å². The first-order valence-electron chi connectivity index (χ1n) is 8.13. The second-order valence-corrected chi connectivity index (χ2v) is 6.56. The van der Waals surface area contributed by atoms with Crippen molar-refractivity contribution in [2.45, 2.75) is 13.8 Å². The molecule has 0 saturated carbocycles. The molecule has 1 fully saturated rings. The maximum absolute atomic E-state index is 12.8. The molecule has 26 heavy (non-hydrogen) atoms. The Kier molecular flexibility index (Phi) is 4.95. The lowest BCUT2D eigenvalue weighted by Crippen LogP contribution is -2.58. The number of anilines is 2. The van der Waals surface area contributed by atoms with Crippen molar-refractivity contribution in [1.29, 1.82) is 0 Å². The van der Waals surface area contributed by atoms with Crippen molar-refractivity contribution in [3.63, 3.8) is 0 Å². The topological polar surface area (TPSA) is 78.5 Å². The third-order valence-electron chi connectivity index (χ3n) is 4.44. The predicted molar refractivity (Wildman–Crippen MR) is 100 cm³/mol. The van der Waals surface area contributed by atoms with E-state index in [2.05, 4.69) is 10.6 Å². The van der Waals surface area contributed by atoms with Gasteiger partial charge in [-0.2, -0.15) is 0 Å². The van der Waals surface area contributed by atoms with Gasteiger partial charge in [0, 0.05) is 17.3 Å². The molecule has 1 heterocycles. The van der Waals surface area contributed by atoms with Gasteiger partial charge in [0.05, 0.1) is 5.69 Å². The number of hydrogen-bond donors (Lipinski definition) is 2. The Bertz CT molecular complexity index is 880. The standard InChI is InChI=1S/C19H18ClN3O3/c1-11-4-3-5-16(12(11)2)22-17(24)15-10-21-19(26)23(18(15)25)14-8-6-13(20)7-9-14/h3-9,15H,10H2,1-2H3,(H,21,26)(H,22,24). The Balaban J connectivity index is 1.82. The number of hydrogen-bond acceptors (Lipinski definition) is 3.